The van der Waals surface area contributed by atoms with Crippen LogP contribution in [0.25, 0.3) is 0 Å². The Balaban J connectivity index is 1.78. The number of amides is 1. The van der Waals surface area contributed by atoms with Gasteiger partial charge in [-0.25, -0.2) is 0 Å². The average molecular weight is 329 g/mol. The zero-order valence-electron chi connectivity index (χ0n) is 14.2. The van der Waals surface area contributed by atoms with E-state index in [1.807, 2.05) is 38.1 Å². The molecule has 0 aliphatic carbocycles. The van der Waals surface area contributed by atoms with Crippen LogP contribution in [-0.2, 0) is 0 Å². The van der Waals surface area contributed by atoms with Crippen LogP contribution in [0.3, 0.4) is 0 Å². The van der Waals surface area contributed by atoms with E-state index in [2.05, 4.69) is 15.6 Å². The molecule has 1 amide bonds. The minimum Gasteiger partial charge on any atom is -0.497 e. The molecule has 0 fully saturated rings. The molecule has 0 spiro atoms. The van der Waals surface area contributed by atoms with Crippen LogP contribution in [0.2, 0.25) is 0 Å². The van der Waals surface area contributed by atoms with Gasteiger partial charge in [0.15, 0.2) is 0 Å². The molecule has 0 bridgehead atoms. The van der Waals surface area contributed by atoms with E-state index in [4.69, 9.17) is 9.47 Å². The number of hydrogen-bond donors (Lipinski definition) is 2. The summed E-state index contributed by atoms with van der Waals surface area (Å²) in [5.74, 6) is 1.33. The van der Waals surface area contributed by atoms with E-state index in [1.54, 1.807) is 25.6 Å². The molecule has 0 saturated carbocycles. The number of pyridine rings is 1. The Kier molecular flexibility index (Phi) is 6.42. The Morgan fingerprint density at radius 2 is 1.88 bits per heavy atom. The predicted octanol–water partition coefficient (Wildman–Crippen LogP) is 2.72. The fourth-order valence-corrected chi connectivity index (χ4v) is 2.08. The van der Waals surface area contributed by atoms with E-state index in [0.29, 0.717) is 18.7 Å². The minimum absolute atomic E-state index is 0.173. The van der Waals surface area contributed by atoms with Gasteiger partial charge in [0.05, 0.1) is 24.9 Å². The standard InChI is InChI=1S/C18H23N3O3/c1-13(2)21-15-10-14(11-19-12-15)18(22)20-8-9-24-17-6-4-16(23-3)5-7-17/h4-7,10-13,21H,8-9H2,1-3H3,(H,20,22). The first kappa shape index (κ1) is 17.6. The van der Waals surface area contributed by atoms with Gasteiger partial charge >= 0.3 is 0 Å². The third-order valence-corrected chi connectivity index (χ3v) is 3.17. The summed E-state index contributed by atoms with van der Waals surface area (Å²) in [4.78, 5) is 16.2. The van der Waals surface area contributed by atoms with E-state index in [0.717, 1.165) is 17.2 Å². The van der Waals surface area contributed by atoms with Crippen LogP contribution in [0.15, 0.2) is 42.7 Å². The number of carbonyl (C=O) groups is 1. The SMILES string of the molecule is COc1ccc(OCCNC(=O)c2cncc(NC(C)C)c2)cc1. The fourth-order valence-electron chi connectivity index (χ4n) is 2.08. The second-order valence-corrected chi connectivity index (χ2v) is 5.54. The molecule has 2 aromatic rings. The molecule has 1 aromatic heterocycles. The quantitative estimate of drug-likeness (QED) is 0.729. The Bertz CT molecular complexity index is 657. The van der Waals surface area contributed by atoms with Gasteiger partial charge in [0.2, 0.25) is 0 Å². The summed E-state index contributed by atoms with van der Waals surface area (Å²) in [5.41, 5.74) is 1.34. The normalized spacial score (nSPS) is 10.3. The van der Waals surface area contributed by atoms with Crippen molar-refractivity contribution in [3.05, 3.63) is 48.3 Å². The second kappa shape index (κ2) is 8.76. The van der Waals surface area contributed by atoms with Crippen molar-refractivity contribution in [2.45, 2.75) is 19.9 Å². The lowest BCUT2D eigenvalue weighted by Crippen LogP contribution is -2.28. The summed E-state index contributed by atoms with van der Waals surface area (Å²) in [7, 11) is 1.62. The van der Waals surface area contributed by atoms with Crippen molar-refractivity contribution in [3.8, 4) is 11.5 Å². The highest BCUT2D eigenvalue weighted by molar-refractivity contribution is 5.94. The second-order valence-electron chi connectivity index (χ2n) is 5.54. The molecule has 1 heterocycles. The van der Waals surface area contributed by atoms with Crippen LogP contribution in [-0.4, -0.2) is 37.2 Å². The largest absolute Gasteiger partial charge is 0.497 e. The number of ether oxygens (including phenoxy) is 2. The van der Waals surface area contributed by atoms with Crippen molar-refractivity contribution in [2.75, 3.05) is 25.6 Å². The van der Waals surface area contributed by atoms with Crippen molar-refractivity contribution >= 4 is 11.6 Å². The van der Waals surface area contributed by atoms with Crippen molar-refractivity contribution in [3.63, 3.8) is 0 Å². The van der Waals surface area contributed by atoms with E-state index >= 15 is 0 Å². The number of benzene rings is 1. The molecule has 128 valence electrons. The van der Waals surface area contributed by atoms with Gasteiger partial charge in [-0.3, -0.25) is 9.78 Å². The lowest BCUT2D eigenvalue weighted by Gasteiger charge is -2.11. The number of nitrogens with one attached hydrogen (secondary N) is 2. The number of nitrogens with zero attached hydrogens (tertiary/aromatic N) is 1. The summed E-state index contributed by atoms with van der Waals surface area (Å²) in [6.45, 7) is 4.86. The minimum atomic E-state index is -0.173. The van der Waals surface area contributed by atoms with Crippen LogP contribution in [0.1, 0.15) is 24.2 Å². The summed E-state index contributed by atoms with van der Waals surface area (Å²) in [6, 6.07) is 9.37. The van der Waals surface area contributed by atoms with Gasteiger partial charge in [-0.2, -0.15) is 0 Å². The molecule has 24 heavy (non-hydrogen) atoms. The van der Waals surface area contributed by atoms with Crippen LogP contribution in [0, 0.1) is 0 Å². The van der Waals surface area contributed by atoms with Gasteiger partial charge < -0.3 is 20.1 Å². The maximum absolute atomic E-state index is 12.1. The molecular formula is C18H23N3O3. The van der Waals surface area contributed by atoms with Gasteiger partial charge in [-0.1, -0.05) is 0 Å². The zero-order chi connectivity index (χ0) is 17.4. The first-order valence-electron chi connectivity index (χ1n) is 7.85. The zero-order valence-corrected chi connectivity index (χ0v) is 14.2. The molecule has 2 rings (SSSR count). The van der Waals surface area contributed by atoms with Crippen LogP contribution in [0.5, 0.6) is 11.5 Å². The predicted molar refractivity (Wildman–Crippen MR) is 93.8 cm³/mol. The fraction of sp³-hybridized carbons (Fsp3) is 0.333. The van der Waals surface area contributed by atoms with E-state index in [-0.39, 0.29) is 11.9 Å². The topological polar surface area (TPSA) is 72.5 Å². The molecule has 6 nitrogen and oxygen atoms in total. The van der Waals surface area contributed by atoms with Crippen molar-refractivity contribution in [2.24, 2.45) is 0 Å². The van der Waals surface area contributed by atoms with Crippen molar-refractivity contribution in [1.82, 2.24) is 10.3 Å². The van der Waals surface area contributed by atoms with E-state index < -0.39 is 0 Å². The van der Waals surface area contributed by atoms with Gasteiger partial charge in [0.1, 0.15) is 18.1 Å². The molecule has 0 unspecified atom stereocenters. The summed E-state index contributed by atoms with van der Waals surface area (Å²) in [6.07, 6.45) is 3.24. The van der Waals surface area contributed by atoms with Gasteiger partial charge in [-0.05, 0) is 44.2 Å². The van der Waals surface area contributed by atoms with E-state index in [9.17, 15) is 4.79 Å². The molecule has 6 heteroatoms. The number of anilines is 1. The van der Waals surface area contributed by atoms with Crippen LogP contribution in [0.4, 0.5) is 5.69 Å². The van der Waals surface area contributed by atoms with Crippen molar-refractivity contribution < 1.29 is 14.3 Å². The van der Waals surface area contributed by atoms with Crippen LogP contribution >= 0.6 is 0 Å². The molecule has 0 radical (unpaired) electrons. The number of carbonyl (C=O) groups excluding carboxylic acids is 1. The molecule has 1 aromatic carbocycles. The third-order valence-electron chi connectivity index (χ3n) is 3.17. The molecule has 0 atom stereocenters. The third kappa shape index (κ3) is 5.46. The Labute approximate surface area is 142 Å². The van der Waals surface area contributed by atoms with Gasteiger partial charge in [0, 0.05) is 18.4 Å². The van der Waals surface area contributed by atoms with E-state index in [1.165, 1.54) is 0 Å². The lowest BCUT2D eigenvalue weighted by molar-refractivity contribution is 0.0946. The Hall–Kier alpha value is -2.76. The summed E-state index contributed by atoms with van der Waals surface area (Å²) >= 11 is 0. The summed E-state index contributed by atoms with van der Waals surface area (Å²) < 4.78 is 10.7. The number of methoxy groups -OCH3 is 1. The maximum Gasteiger partial charge on any atom is 0.253 e. The number of aromatic nitrogens is 1. The molecular weight excluding hydrogens is 306 g/mol. The monoisotopic (exact) mass is 329 g/mol. The number of rotatable bonds is 8. The Morgan fingerprint density at radius 3 is 2.54 bits per heavy atom. The van der Waals surface area contributed by atoms with Crippen LogP contribution < -0.4 is 20.1 Å². The van der Waals surface area contributed by atoms with Crippen molar-refractivity contribution in [1.29, 1.82) is 0 Å². The molecule has 0 aliphatic rings. The lowest BCUT2D eigenvalue weighted by atomic mass is 10.2. The average Bonchev–Trinajstić information content (AvgIpc) is 2.58. The highest BCUT2D eigenvalue weighted by Crippen LogP contribution is 2.16. The Morgan fingerprint density at radius 1 is 1.17 bits per heavy atom. The molecule has 0 aliphatic heterocycles. The van der Waals surface area contributed by atoms with Gasteiger partial charge in [-0.15, -0.1) is 0 Å². The maximum atomic E-state index is 12.1. The first-order chi connectivity index (χ1) is 11.6. The highest BCUT2D eigenvalue weighted by Gasteiger charge is 2.07. The molecule has 2 N–H and O–H groups in total. The smallest absolute Gasteiger partial charge is 0.253 e. The number of hydrogen-bond acceptors (Lipinski definition) is 5. The molecule has 0 saturated heterocycles. The first-order valence-corrected chi connectivity index (χ1v) is 7.85. The van der Waals surface area contributed by atoms with Gasteiger partial charge in [0.25, 0.3) is 5.91 Å². The highest BCUT2D eigenvalue weighted by atomic mass is 16.5. The summed E-state index contributed by atoms with van der Waals surface area (Å²) in [5, 5.41) is 6.04.